The summed E-state index contributed by atoms with van der Waals surface area (Å²) in [5.74, 6) is -1.18. The first kappa shape index (κ1) is 18.0. The summed E-state index contributed by atoms with van der Waals surface area (Å²) in [4.78, 5) is 21.9. The molecule has 0 aliphatic rings. The minimum Gasteiger partial charge on any atom is -0.489 e. The molecular weight excluding hydrogens is 302 g/mol. The van der Waals surface area contributed by atoms with Crippen LogP contribution in [0.25, 0.3) is 0 Å². The highest BCUT2D eigenvalue weighted by atomic mass is 16.5. The van der Waals surface area contributed by atoms with E-state index < -0.39 is 11.5 Å². The van der Waals surface area contributed by atoms with E-state index in [4.69, 9.17) is 19.8 Å². The number of methoxy groups -OCH3 is 1. The summed E-state index contributed by atoms with van der Waals surface area (Å²) in [5, 5.41) is 22.8. The van der Waals surface area contributed by atoms with Crippen LogP contribution in [0.15, 0.2) is 30.0 Å². The van der Waals surface area contributed by atoms with E-state index in [0.717, 1.165) is 6.20 Å². The Kier molecular flexibility index (Phi) is 7.10. The zero-order valence-corrected chi connectivity index (χ0v) is 12.8. The molecule has 0 aliphatic heterocycles. The number of anilines is 2. The molecule has 1 amide bonds. The summed E-state index contributed by atoms with van der Waals surface area (Å²) in [6.45, 7) is 2.02. The second kappa shape index (κ2) is 9.07. The lowest BCUT2D eigenvalue weighted by Gasteiger charge is -2.13. The summed E-state index contributed by atoms with van der Waals surface area (Å²) in [6.07, 6.45) is 1.08. The van der Waals surface area contributed by atoms with Gasteiger partial charge in [0.1, 0.15) is 18.4 Å². The summed E-state index contributed by atoms with van der Waals surface area (Å²) >= 11 is 0. The minimum absolute atomic E-state index is 0.250. The van der Waals surface area contributed by atoms with E-state index in [9.17, 15) is 9.59 Å². The average Bonchev–Trinajstić information content (AvgIpc) is 2.49. The van der Waals surface area contributed by atoms with Crippen molar-refractivity contribution in [2.24, 2.45) is 0 Å². The molecule has 0 aromatic heterocycles. The van der Waals surface area contributed by atoms with E-state index in [1.54, 1.807) is 24.3 Å². The molecule has 0 radical (unpaired) electrons. The van der Waals surface area contributed by atoms with Crippen molar-refractivity contribution >= 4 is 23.3 Å². The van der Waals surface area contributed by atoms with Gasteiger partial charge in [-0.2, -0.15) is 5.26 Å². The Morgan fingerprint density at radius 1 is 1.39 bits per heavy atom. The largest absolute Gasteiger partial charge is 0.489 e. The zero-order valence-electron chi connectivity index (χ0n) is 12.8. The number of carboxylic acids is 1. The van der Waals surface area contributed by atoms with E-state index >= 15 is 0 Å². The first-order valence-electron chi connectivity index (χ1n) is 6.61. The van der Waals surface area contributed by atoms with Crippen molar-refractivity contribution in [1.29, 1.82) is 5.26 Å². The minimum atomic E-state index is -1.33. The lowest BCUT2D eigenvalue weighted by molar-refractivity contribution is -0.132. The third-order valence-corrected chi connectivity index (χ3v) is 2.57. The number of hydrogen-bond acceptors (Lipinski definition) is 6. The summed E-state index contributed by atoms with van der Waals surface area (Å²) < 4.78 is 10.4. The predicted molar refractivity (Wildman–Crippen MR) is 83.1 cm³/mol. The van der Waals surface area contributed by atoms with Crippen LogP contribution in [0.5, 0.6) is 5.75 Å². The highest BCUT2D eigenvalue weighted by molar-refractivity contribution is 5.92. The molecule has 1 rings (SSSR count). The average molecular weight is 319 g/mol. The van der Waals surface area contributed by atoms with Gasteiger partial charge in [0.25, 0.3) is 0 Å². The van der Waals surface area contributed by atoms with E-state index in [1.165, 1.54) is 14.0 Å². The number of ether oxygens (including phenoxy) is 2. The van der Waals surface area contributed by atoms with Gasteiger partial charge in [0.2, 0.25) is 5.91 Å². The zero-order chi connectivity index (χ0) is 17.2. The van der Waals surface area contributed by atoms with E-state index in [1.807, 2.05) is 0 Å². The number of carboxylic acid groups (broad SMARTS) is 1. The Bertz CT molecular complexity index is 649. The third kappa shape index (κ3) is 6.07. The molecule has 8 nitrogen and oxygen atoms in total. The molecule has 0 atom stereocenters. The van der Waals surface area contributed by atoms with Crippen molar-refractivity contribution in [3.63, 3.8) is 0 Å². The monoisotopic (exact) mass is 319 g/mol. The summed E-state index contributed by atoms with van der Waals surface area (Å²) in [6, 6.07) is 6.35. The predicted octanol–water partition coefficient (Wildman–Crippen LogP) is 1.57. The van der Waals surface area contributed by atoms with Gasteiger partial charge in [-0.15, -0.1) is 0 Å². The Morgan fingerprint density at radius 3 is 2.70 bits per heavy atom. The highest BCUT2D eigenvalue weighted by Crippen LogP contribution is 2.28. The molecular formula is C15H17N3O5. The number of nitrogens with zero attached hydrogens (tertiary/aromatic N) is 1. The molecule has 0 bridgehead atoms. The van der Waals surface area contributed by atoms with Crippen molar-refractivity contribution in [2.45, 2.75) is 6.92 Å². The third-order valence-electron chi connectivity index (χ3n) is 2.57. The SMILES string of the molecule is COCCOc1cc(NC=C(C#N)C(=O)O)ccc1NC(C)=O. The topological polar surface area (TPSA) is 121 Å². The maximum absolute atomic E-state index is 11.2. The van der Waals surface area contributed by atoms with Crippen LogP contribution in [0.4, 0.5) is 11.4 Å². The number of hydrogen-bond donors (Lipinski definition) is 3. The Hall–Kier alpha value is -3.05. The lowest BCUT2D eigenvalue weighted by Crippen LogP contribution is -2.10. The molecule has 23 heavy (non-hydrogen) atoms. The molecule has 0 spiro atoms. The number of aliphatic carboxylic acids is 1. The molecule has 8 heteroatoms. The van der Waals surface area contributed by atoms with Gasteiger partial charge in [-0.05, 0) is 12.1 Å². The van der Waals surface area contributed by atoms with Crippen LogP contribution in [0, 0.1) is 11.3 Å². The van der Waals surface area contributed by atoms with Crippen LogP contribution < -0.4 is 15.4 Å². The standard InChI is InChI=1S/C15H17N3O5/c1-10(19)18-13-4-3-12(7-14(13)23-6-5-22-2)17-9-11(8-16)15(20)21/h3-4,7,9,17H,5-6H2,1-2H3,(H,18,19)(H,20,21). The first-order valence-corrected chi connectivity index (χ1v) is 6.61. The maximum Gasteiger partial charge on any atom is 0.347 e. The molecule has 3 N–H and O–H groups in total. The van der Waals surface area contributed by atoms with Crippen molar-refractivity contribution < 1.29 is 24.2 Å². The molecule has 1 aromatic rings. The number of carbonyl (C=O) groups excluding carboxylic acids is 1. The van der Waals surface area contributed by atoms with Crippen molar-refractivity contribution in [3.05, 3.63) is 30.0 Å². The number of amides is 1. The van der Waals surface area contributed by atoms with E-state index in [2.05, 4.69) is 10.6 Å². The lowest BCUT2D eigenvalue weighted by atomic mass is 10.2. The molecule has 1 aromatic carbocycles. The second-order valence-electron chi connectivity index (χ2n) is 4.35. The van der Waals surface area contributed by atoms with Gasteiger partial charge in [-0.3, -0.25) is 4.79 Å². The van der Waals surface area contributed by atoms with Gasteiger partial charge in [-0.1, -0.05) is 0 Å². The number of carbonyl (C=O) groups is 2. The smallest absolute Gasteiger partial charge is 0.347 e. The fourth-order valence-corrected chi connectivity index (χ4v) is 1.56. The van der Waals surface area contributed by atoms with Crippen LogP contribution in [0.3, 0.4) is 0 Å². The Balaban J connectivity index is 2.97. The first-order chi connectivity index (χ1) is 11.0. The fraction of sp³-hybridized carbons (Fsp3) is 0.267. The Morgan fingerprint density at radius 2 is 2.13 bits per heavy atom. The van der Waals surface area contributed by atoms with Crippen LogP contribution >= 0.6 is 0 Å². The molecule has 0 aliphatic carbocycles. The summed E-state index contributed by atoms with van der Waals surface area (Å²) in [7, 11) is 1.54. The molecule has 0 saturated carbocycles. The molecule has 0 saturated heterocycles. The second-order valence-corrected chi connectivity index (χ2v) is 4.35. The van der Waals surface area contributed by atoms with E-state index in [-0.39, 0.29) is 12.5 Å². The van der Waals surface area contributed by atoms with Gasteiger partial charge in [-0.25, -0.2) is 4.79 Å². The molecule has 0 unspecified atom stereocenters. The number of nitrogens with one attached hydrogen (secondary N) is 2. The van der Waals surface area contributed by atoms with Gasteiger partial charge in [0, 0.05) is 32.0 Å². The summed E-state index contributed by atoms with van der Waals surface area (Å²) in [5.41, 5.74) is 0.542. The molecule has 0 heterocycles. The number of rotatable bonds is 8. The highest BCUT2D eigenvalue weighted by Gasteiger charge is 2.08. The quantitative estimate of drug-likeness (QED) is 0.378. The van der Waals surface area contributed by atoms with Gasteiger partial charge in [0.05, 0.1) is 12.3 Å². The van der Waals surface area contributed by atoms with Gasteiger partial charge in [0.15, 0.2) is 5.57 Å². The van der Waals surface area contributed by atoms with Gasteiger partial charge >= 0.3 is 5.97 Å². The van der Waals surface area contributed by atoms with Crippen molar-refractivity contribution in [2.75, 3.05) is 31.0 Å². The van der Waals surface area contributed by atoms with Crippen LogP contribution in [0.2, 0.25) is 0 Å². The Labute approximate surface area is 133 Å². The maximum atomic E-state index is 11.2. The molecule has 0 fully saturated rings. The van der Waals surface area contributed by atoms with Crippen LogP contribution in [0.1, 0.15) is 6.92 Å². The molecule has 122 valence electrons. The van der Waals surface area contributed by atoms with Crippen molar-refractivity contribution in [1.82, 2.24) is 0 Å². The number of nitriles is 1. The normalized spacial score (nSPS) is 10.6. The number of benzene rings is 1. The fourth-order valence-electron chi connectivity index (χ4n) is 1.56. The van der Waals surface area contributed by atoms with Crippen molar-refractivity contribution in [3.8, 4) is 11.8 Å². The van der Waals surface area contributed by atoms with Gasteiger partial charge < -0.3 is 25.2 Å². The van der Waals surface area contributed by atoms with E-state index in [0.29, 0.717) is 23.7 Å². The van der Waals surface area contributed by atoms with Crippen LogP contribution in [-0.4, -0.2) is 37.3 Å². The van der Waals surface area contributed by atoms with Crippen LogP contribution in [-0.2, 0) is 14.3 Å².